The molecule has 0 aliphatic rings. The third-order valence-electron chi connectivity index (χ3n) is 3.13. The molecule has 0 spiro atoms. The number of guanidine groups is 1. The highest BCUT2D eigenvalue weighted by molar-refractivity contribution is 8.00. The molecule has 0 saturated heterocycles. The van der Waals surface area contributed by atoms with Crippen molar-refractivity contribution in [2.45, 2.75) is 21.6 Å². The fourth-order valence-electron chi connectivity index (χ4n) is 1.99. The quantitative estimate of drug-likeness (QED) is 0.634. The molecule has 0 heterocycles. The van der Waals surface area contributed by atoms with E-state index < -0.39 is 15.7 Å². The second kappa shape index (κ2) is 7.06. The van der Waals surface area contributed by atoms with E-state index >= 15 is 0 Å². The highest BCUT2D eigenvalue weighted by Crippen LogP contribution is 2.35. The van der Waals surface area contributed by atoms with Gasteiger partial charge in [0.25, 0.3) is 5.91 Å². The van der Waals surface area contributed by atoms with Gasteiger partial charge < -0.3 is 11.5 Å². The molecule has 2 aromatic rings. The maximum absolute atomic E-state index is 12.1. The van der Waals surface area contributed by atoms with Crippen molar-refractivity contribution >= 4 is 33.5 Å². The molecule has 2 rings (SSSR count). The van der Waals surface area contributed by atoms with E-state index in [1.165, 1.54) is 23.9 Å². The lowest BCUT2D eigenvalue weighted by atomic mass is 10.2. The Bertz CT molecular complexity index is 918. The van der Waals surface area contributed by atoms with Crippen molar-refractivity contribution in [2.75, 3.05) is 6.26 Å². The monoisotopic (exact) mass is 363 g/mol. The number of nitrogens with two attached hydrogens (primary N) is 2. The Morgan fingerprint density at radius 1 is 1.08 bits per heavy atom. The predicted octanol–water partition coefficient (Wildman–Crippen LogP) is 1.96. The lowest BCUT2D eigenvalue weighted by Gasteiger charge is -2.10. The average Bonchev–Trinajstić information content (AvgIpc) is 2.48. The lowest BCUT2D eigenvalue weighted by Crippen LogP contribution is -2.24. The summed E-state index contributed by atoms with van der Waals surface area (Å²) < 4.78 is 24.2. The normalized spacial score (nSPS) is 11.1. The Hall–Kier alpha value is -2.32. The molecule has 0 bridgehead atoms. The molecule has 4 N–H and O–H groups in total. The minimum atomic E-state index is -3.53. The molecule has 0 radical (unpaired) electrons. The number of carbonyl (C=O) groups is 1. The number of aryl methyl sites for hydroxylation is 1. The van der Waals surface area contributed by atoms with Crippen LogP contribution in [0.2, 0.25) is 0 Å². The highest BCUT2D eigenvalue weighted by atomic mass is 32.2. The molecule has 0 saturated carbocycles. The number of carbonyl (C=O) groups excluding carboxylic acids is 1. The second-order valence-electron chi connectivity index (χ2n) is 5.14. The summed E-state index contributed by atoms with van der Waals surface area (Å²) in [7, 11) is -3.53. The van der Waals surface area contributed by atoms with Gasteiger partial charge in [-0.1, -0.05) is 30.0 Å². The minimum Gasteiger partial charge on any atom is -0.370 e. The number of sulfone groups is 1. The molecule has 0 aliphatic carbocycles. The molecule has 24 heavy (non-hydrogen) atoms. The van der Waals surface area contributed by atoms with Crippen molar-refractivity contribution in [3.63, 3.8) is 0 Å². The van der Waals surface area contributed by atoms with Crippen molar-refractivity contribution < 1.29 is 13.2 Å². The number of aliphatic imine (C=N–C) groups is 1. The smallest absolute Gasteiger partial charge is 0.280 e. The molecule has 1 amide bonds. The van der Waals surface area contributed by atoms with Gasteiger partial charge in [0.15, 0.2) is 15.8 Å². The van der Waals surface area contributed by atoms with Gasteiger partial charge in [0.2, 0.25) is 0 Å². The van der Waals surface area contributed by atoms with Gasteiger partial charge in [-0.05, 0) is 36.8 Å². The summed E-state index contributed by atoms with van der Waals surface area (Å²) in [5.74, 6) is -1.06. The summed E-state index contributed by atoms with van der Waals surface area (Å²) in [5, 5.41) is 0. The van der Waals surface area contributed by atoms with Gasteiger partial charge in [-0.3, -0.25) is 4.79 Å². The average molecular weight is 363 g/mol. The van der Waals surface area contributed by atoms with Crippen LogP contribution in [0.4, 0.5) is 0 Å². The van der Waals surface area contributed by atoms with Crippen molar-refractivity contribution in [3.8, 4) is 0 Å². The number of hydrogen-bond acceptors (Lipinski definition) is 4. The summed E-state index contributed by atoms with van der Waals surface area (Å²) in [5.41, 5.74) is 11.5. The third-order valence-corrected chi connectivity index (χ3v) is 5.65. The van der Waals surface area contributed by atoms with Crippen LogP contribution in [0, 0.1) is 6.92 Å². The van der Waals surface area contributed by atoms with Crippen molar-refractivity contribution in [2.24, 2.45) is 16.5 Å². The van der Waals surface area contributed by atoms with Crippen molar-refractivity contribution in [1.29, 1.82) is 0 Å². The van der Waals surface area contributed by atoms with E-state index in [4.69, 9.17) is 11.5 Å². The number of nitrogens with zero attached hydrogens (tertiary/aromatic N) is 1. The van der Waals surface area contributed by atoms with E-state index in [0.29, 0.717) is 4.90 Å². The van der Waals surface area contributed by atoms with Gasteiger partial charge in [0.1, 0.15) is 0 Å². The first kappa shape index (κ1) is 18.0. The predicted molar refractivity (Wildman–Crippen MR) is 95.0 cm³/mol. The molecule has 126 valence electrons. The molecular formula is C16H17N3O3S2. The first-order valence-corrected chi connectivity index (χ1v) is 9.61. The SMILES string of the molecule is Cc1ccccc1Sc1ccc(C(=O)N=C(N)N)cc1S(C)(=O)=O. The molecule has 0 aliphatic heterocycles. The van der Waals surface area contributed by atoms with E-state index in [-0.39, 0.29) is 16.4 Å². The summed E-state index contributed by atoms with van der Waals surface area (Å²) in [4.78, 5) is 16.9. The zero-order valence-electron chi connectivity index (χ0n) is 13.2. The molecule has 0 unspecified atom stereocenters. The number of rotatable bonds is 4. The number of benzene rings is 2. The van der Waals surface area contributed by atoms with Gasteiger partial charge >= 0.3 is 0 Å². The van der Waals surface area contributed by atoms with Crippen LogP contribution in [-0.2, 0) is 9.84 Å². The summed E-state index contributed by atoms with van der Waals surface area (Å²) in [6.45, 7) is 1.94. The van der Waals surface area contributed by atoms with E-state index in [1.807, 2.05) is 31.2 Å². The van der Waals surface area contributed by atoms with Crippen molar-refractivity contribution in [1.82, 2.24) is 0 Å². The van der Waals surface area contributed by atoms with Gasteiger partial charge in [-0.2, -0.15) is 4.99 Å². The van der Waals surface area contributed by atoms with E-state index in [9.17, 15) is 13.2 Å². The molecule has 0 fully saturated rings. The van der Waals surface area contributed by atoms with Crippen LogP contribution in [0.1, 0.15) is 15.9 Å². The third kappa shape index (κ3) is 4.36. The summed E-state index contributed by atoms with van der Waals surface area (Å²) in [6, 6.07) is 12.0. The zero-order valence-corrected chi connectivity index (χ0v) is 14.8. The first-order chi connectivity index (χ1) is 11.2. The maximum atomic E-state index is 12.1. The molecule has 0 atom stereocenters. The molecular weight excluding hydrogens is 346 g/mol. The Morgan fingerprint density at radius 2 is 1.75 bits per heavy atom. The van der Waals surface area contributed by atoms with Crippen LogP contribution in [0.15, 0.2) is 62.1 Å². The van der Waals surface area contributed by atoms with Crippen molar-refractivity contribution in [3.05, 3.63) is 53.6 Å². The fraction of sp³-hybridized carbons (Fsp3) is 0.125. The summed E-state index contributed by atoms with van der Waals surface area (Å²) >= 11 is 1.33. The minimum absolute atomic E-state index is 0.0624. The van der Waals surface area contributed by atoms with Crippen LogP contribution in [0.3, 0.4) is 0 Å². The van der Waals surface area contributed by atoms with Crippen LogP contribution < -0.4 is 11.5 Å². The second-order valence-corrected chi connectivity index (χ2v) is 8.21. The standard InChI is InChI=1S/C16H17N3O3S2/c1-10-5-3-4-6-12(10)23-13-8-7-11(15(20)19-16(17)18)9-14(13)24(2,21)22/h3-9H,1-2H3,(H4,17,18,19,20). The zero-order chi connectivity index (χ0) is 17.9. The largest absolute Gasteiger partial charge is 0.370 e. The number of amides is 1. The fourth-order valence-corrected chi connectivity index (χ4v) is 4.25. The van der Waals surface area contributed by atoms with Crippen LogP contribution in [-0.4, -0.2) is 26.5 Å². The molecule has 6 nitrogen and oxygen atoms in total. The van der Waals surface area contributed by atoms with E-state index in [2.05, 4.69) is 4.99 Å². The van der Waals surface area contributed by atoms with E-state index in [0.717, 1.165) is 16.7 Å². The Kier molecular flexibility index (Phi) is 5.30. The van der Waals surface area contributed by atoms with Crippen LogP contribution in [0.25, 0.3) is 0 Å². The lowest BCUT2D eigenvalue weighted by molar-refractivity contribution is 0.100. The summed E-state index contributed by atoms with van der Waals surface area (Å²) in [6.07, 6.45) is 1.10. The van der Waals surface area contributed by atoms with Gasteiger partial charge in [0, 0.05) is 21.6 Å². The Morgan fingerprint density at radius 3 is 2.33 bits per heavy atom. The van der Waals surface area contributed by atoms with Crippen LogP contribution in [0.5, 0.6) is 0 Å². The maximum Gasteiger partial charge on any atom is 0.280 e. The Labute approximate surface area is 144 Å². The molecule has 0 aromatic heterocycles. The topological polar surface area (TPSA) is 116 Å². The van der Waals surface area contributed by atoms with Crippen LogP contribution >= 0.6 is 11.8 Å². The highest BCUT2D eigenvalue weighted by Gasteiger charge is 2.18. The molecule has 8 heteroatoms. The van der Waals surface area contributed by atoms with Gasteiger partial charge in [-0.25, -0.2) is 8.42 Å². The van der Waals surface area contributed by atoms with Gasteiger partial charge in [0.05, 0.1) is 4.90 Å². The van der Waals surface area contributed by atoms with E-state index in [1.54, 1.807) is 6.07 Å². The van der Waals surface area contributed by atoms with Gasteiger partial charge in [-0.15, -0.1) is 0 Å². The molecule has 2 aromatic carbocycles. The number of hydrogen-bond donors (Lipinski definition) is 2. The Balaban J connectivity index is 2.51. The first-order valence-electron chi connectivity index (χ1n) is 6.90.